The Morgan fingerprint density at radius 1 is 0.933 bits per heavy atom. The van der Waals surface area contributed by atoms with E-state index in [0.29, 0.717) is 63.8 Å². The molecule has 1 spiro atoms. The van der Waals surface area contributed by atoms with E-state index in [0.717, 1.165) is 38.5 Å². The van der Waals surface area contributed by atoms with Crippen LogP contribution in [0.25, 0.3) is 0 Å². The fraction of sp³-hybridized carbons (Fsp3) is 0.917. The van der Waals surface area contributed by atoms with Gasteiger partial charge in [-0.3, -0.25) is 9.59 Å². The lowest BCUT2D eigenvalue weighted by Crippen LogP contribution is -2.57. The smallest absolute Gasteiger partial charge is 0.168 e. The minimum atomic E-state index is -0.533. The first kappa shape index (κ1) is 22.4. The molecule has 2 aliphatic carbocycles. The van der Waals surface area contributed by atoms with Crippen LogP contribution in [0.5, 0.6) is 0 Å². The van der Waals surface area contributed by atoms with E-state index >= 15 is 0 Å². The van der Waals surface area contributed by atoms with Crippen molar-refractivity contribution in [2.24, 2.45) is 16.7 Å². The zero-order chi connectivity index (χ0) is 21.5. The first-order valence-corrected chi connectivity index (χ1v) is 11.8. The van der Waals surface area contributed by atoms with Gasteiger partial charge in [-0.1, -0.05) is 13.8 Å². The van der Waals surface area contributed by atoms with E-state index < -0.39 is 17.0 Å². The average Bonchev–Trinajstić information content (AvgIpc) is 3.35. The van der Waals surface area contributed by atoms with Crippen LogP contribution >= 0.6 is 0 Å². The SMILES string of the molecule is CC1(CCCC(=O)CCC2(C)C(=O)CC[C@H]3CC4(CC[C@@]32C)OCCO4)OCCO1. The molecule has 2 aliphatic heterocycles. The van der Waals surface area contributed by atoms with Crippen LogP contribution < -0.4 is 0 Å². The number of hydrogen-bond acceptors (Lipinski definition) is 6. The second-order valence-corrected chi connectivity index (χ2v) is 10.4. The van der Waals surface area contributed by atoms with Gasteiger partial charge in [0.1, 0.15) is 11.6 Å². The van der Waals surface area contributed by atoms with Gasteiger partial charge in [-0.15, -0.1) is 0 Å². The van der Waals surface area contributed by atoms with Crippen LogP contribution in [-0.4, -0.2) is 49.6 Å². The highest BCUT2D eigenvalue weighted by Gasteiger charge is 2.60. The Balaban J connectivity index is 1.34. The molecule has 0 N–H and O–H groups in total. The minimum Gasteiger partial charge on any atom is -0.348 e. The van der Waals surface area contributed by atoms with E-state index in [2.05, 4.69) is 13.8 Å². The lowest BCUT2D eigenvalue weighted by atomic mass is 9.46. The number of Topliss-reactive ketones (excluding diaryl/α,β-unsaturated/α-hetero) is 2. The summed E-state index contributed by atoms with van der Waals surface area (Å²) in [5.74, 6) is 0.0136. The molecule has 2 heterocycles. The molecule has 4 rings (SSSR count). The third kappa shape index (κ3) is 4.01. The van der Waals surface area contributed by atoms with Crippen LogP contribution in [0, 0.1) is 16.7 Å². The van der Waals surface area contributed by atoms with Crippen LogP contribution in [0.3, 0.4) is 0 Å². The molecule has 0 bridgehead atoms. The zero-order valence-electron chi connectivity index (χ0n) is 18.9. The average molecular weight is 423 g/mol. The largest absolute Gasteiger partial charge is 0.348 e. The molecule has 4 aliphatic rings. The fourth-order valence-electron chi connectivity index (χ4n) is 6.41. The van der Waals surface area contributed by atoms with Gasteiger partial charge in [-0.2, -0.15) is 0 Å². The van der Waals surface area contributed by atoms with Gasteiger partial charge in [0.25, 0.3) is 0 Å². The van der Waals surface area contributed by atoms with Crippen molar-refractivity contribution >= 4 is 11.6 Å². The molecular weight excluding hydrogens is 384 g/mol. The van der Waals surface area contributed by atoms with Gasteiger partial charge in [0.2, 0.25) is 0 Å². The maximum Gasteiger partial charge on any atom is 0.168 e. The third-order valence-electron chi connectivity index (χ3n) is 8.78. The Morgan fingerprint density at radius 2 is 1.60 bits per heavy atom. The molecule has 0 aromatic rings. The number of rotatable bonds is 7. The normalized spacial score (nSPS) is 37.4. The number of ketones is 2. The van der Waals surface area contributed by atoms with Gasteiger partial charge in [0, 0.05) is 43.9 Å². The summed E-state index contributed by atoms with van der Waals surface area (Å²) < 4.78 is 23.2. The van der Waals surface area contributed by atoms with Crippen LogP contribution in [-0.2, 0) is 28.5 Å². The first-order chi connectivity index (χ1) is 14.2. The topological polar surface area (TPSA) is 71.1 Å². The summed E-state index contributed by atoms with van der Waals surface area (Å²) in [6.07, 6.45) is 7.29. The second kappa shape index (κ2) is 8.27. The first-order valence-electron chi connectivity index (χ1n) is 11.8. The molecule has 170 valence electrons. The van der Waals surface area contributed by atoms with E-state index in [1.807, 2.05) is 6.92 Å². The summed E-state index contributed by atoms with van der Waals surface area (Å²) in [5.41, 5.74) is -0.544. The third-order valence-corrected chi connectivity index (χ3v) is 8.78. The van der Waals surface area contributed by atoms with Gasteiger partial charge in [-0.25, -0.2) is 0 Å². The molecule has 0 aromatic carbocycles. The predicted octanol–water partition coefficient (Wildman–Crippen LogP) is 4.19. The number of ether oxygens (including phenoxy) is 4. The Labute approximate surface area is 180 Å². The van der Waals surface area contributed by atoms with Crippen molar-refractivity contribution in [2.75, 3.05) is 26.4 Å². The highest BCUT2D eigenvalue weighted by molar-refractivity contribution is 5.87. The lowest BCUT2D eigenvalue weighted by Gasteiger charge is -2.58. The summed E-state index contributed by atoms with van der Waals surface area (Å²) in [4.78, 5) is 25.8. The van der Waals surface area contributed by atoms with E-state index in [-0.39, 0.29) is 11.2 Å². The van der Waals surface area contributed by atoms with Crippen molar-refractivity contribution in [3.63, 3.8) is 0 Å². The molecule has 2 saturated heterocycles. The molecule has 2 saturated carbocycles. The molecule has 6 heteroatoms. The maximum absolute atomic E-state index is 13.1. The molecule has 30 heavy (non-hydrogen) atoms. The fourth-order valence-corrected chi connectivity index (χ4v) is 6.41. The molecule has 0 aromatic heterocycles. The van der Waals surface area contributed by atoms with Crippen molar-refractivity contribution < 1.29 is 28.5 Å². The zero-order valence-corrected chi connectivity index (χ0v) is 18.9. The van der Waals surface area contributed by atoms with E-state index in [9.17, 15) is 9.59 Å². The maximum atomic E-state index is 13.1. The van der Waals surface area contributed by atoms with Crippen molar-refractivity contribution in [2.45, 2.75) is 96.6 Å². The summed E-state index contributed by atoms with van der Waals surface area (Å²) in [6.45, 7) is 8.93. The van der Waals surface area contributed by atoms with Crippen LogP contribution in [0.15, 0.2) is 0 Å². The monoisotopic (exact) mass is 422 g/mol. The number of hydrogen-bond donors (Lipinski definition) is 0. The van der Waals surface area contributed by atoms with Gasteiger partial charge in [0.15, 0.2) is 11.6 Å². The molecule has 1 unspecified atom stereocenters. The lowest BCUT2D eigenvalue weighted by molar-refractivity contribution is -0.226. The molecule has 6 nitrogen and oxygen atoms in total. The molecule has 4 fully saturated rings. The Bertz CT molecular complexity index is 663. The van der Waals surface area contributed by atoms with Crippen LogP contribution in [0.1, 0.15) is 85.0 Å². The van der Waals surface area contributed by atoms with E-state index in [1.165, 1.54) is 0 Å². The van der Waals surface area contributed by atoms with Gasteiger partial charge >= 0.3 is 0 Å². The predicted molar refractivity (Wildman–Crippen MR) is 111 cm³/mol. The Hall–Kier alpha value is -0.820. The molecule has 0 radical (unpaired) electrons. The van der Waals surface area contributed by atoms with E-state index in [1.54, 1.807) is 0 Å². The molecular formula is C24H38O6. The van der Waals surface area contributed by atoms with Gasteiger partial charge in [0.05, 0.1) is 26.4 Å². The van der Waals surface area contributed by atoms with E-state index in [4.69, 9.17) is 18.9 Å². The number of carbonyl (C=O) groups is 2. The molecule has 3 atom stereocenters. The standard InChI is InChI=1S/C24H38O6/c1-21-11-12-24(29-15-16-30-24)17-18(21)6-7-20(26)22(21,2)10-8-19(25)5-4-9-23(3)27-13-14-28-23/h18H,4-17H2,1-3H3/t18-,21-,22?/m0/s1. The Kier molecular flexibility index (Phi) is 6.17. The van der Waals surface area contributed by atoms with Gasteiger partial charge < -0.3 is 18.9 Å². The highest BCUT2D eigenvalue weighted by Crippen LogP contribution is 2.62. The minimum absolute atomic E-state index is 0.0951. The Morgan fingerprint density at radius 3 is 2.30 bits per heavy atom. The van der Waals surface area contributed by atoms with Crippen LogP contribution in [0.4, 0.5) is 0 Å². The summed E-state index contributed by atoms with van der Waals surface area (Å²) in [6, 6.07) is 0. The van der Waals surface area contributed by atoms with Crippen LogP contribution in [0.2, 0.25) is 0 Å². The molecule has 0 amide bonds. The van der Waals surface area contributed by atoms with Crippen molar-refractivity contribution in [1.29, 1.82) is 0 Å². The van der Waals surface area contributed by atoms with Crippen molar-refractivity contribution in [3.05, 3.63) is 0 Å². The summed E-state index contributed by atoms with van der Waals surface area (Å²) in [5, 5.41) is 0. The van der Waals surface area contributed by atoms with Gasteiger partial charge in [-0.05, 0) is 43.9 Å². The second-order valence-electron chi connectivity index (χ2n) is 10.4. The quantitative estimate of drug-likeness (QED) is 0.613. The summed E-state index contributed by atoms with van der Waals surface area (Å²) >= 11 is 0. The summed E-state index contributed by atoms with van der Waals surface area (Å²) in [7, 11) is 0. The number of fused-ring (bicyclic) bond motifs is 1. The van der Waals surface area contributed by atoms with Crippen molar-refractivity contribution in [1.82, 2.24) is 0 Å². The van der Waals surface area contributed by atoms with Crippen molar-refractivity contribution in [3.8, 4) is 0 Å². The highest BCUT2D eigenvalue weighted by atomic mass is 16.7. The number of carbonyl (C=O) groups excluding carboxylic acids is 2.